The van der Waals surface area contributed by atoms with Crippen LogP contribution in [0.15, 0.2) is 0 Å². The van der Waals surface area contributed by atoms with Gasteiger partial charge in [0.1, 0.15) is 0 Å². The largest absolute Gasteiger partial charge is 0.390 e. The van der Waals surface area contributed by atoms with E-state index in [1.807, 2.05) is 13.8 Å². The van der Waals surface area contributed by atoms with Crippen LogP contribution in [-0.2, 0) is 0 Å². The zero-order valence-electron chi connectivity index (χ0n) is 12.1. The van der Waals surface area contributed by atoms with Crippen LogP contribution in [0.1, 0.15) is 72.6 Å². The summed E-state index contributed by atoms with van der Waals surface area (Å²) >= 11 is 0. The van der Waals surface area contributed by atoms with Gasteiger partial charge in [-0.15, -0.1) is 0 Å². The molecule has 0 spiro atoms. The van der Waals surface area contributed by atoms with Gasteiger partial charge in [0, 0.05) is 12.1 Å². The maximum absolute atomic E-state index is 9.67. The van der Waals surface area contributed by atoms with Crippen molar-refractivity contribution >= 4 is 0 Å². The highest BCUT2D eigenvalue weighted by molar-refractivity contribution is 4.78. The highest BCUT2D eigenvalue weighted by Crippen LogP contribution is 2.24. The number of rotatable bonds is 6. The van der Waals surface area contributed by atoms with Gasteiger partial charge in [-0.1, -0.05) is 19.8 Å². The summed E-state index contributed by atoms with van der Waals surface area (Å²) in [5, 5.41) is 13.4. The van der Waals surface area contributed by atoms with E-state index in [0.29, 0.717) is 6.04 Å². The standard InChI is InChI=1S/C15H31NO/c1-12-7-5-9-14(11-12)16-13(2)8-6-10-15(3,4)17/h12-14,16-17H,5-11H2,1-4H3/t12-,13-,14+/m0/s1. The molecule has 0 aromatic heterocycles. The Morgan fingerprint density at radius 1 is 1.35 bits per heavy atom. The summed E-state index contributed by atoms with van der Waals surface area (Å²) in [4.78, 5) is 0. The number of nitrogens with one attached hydrogen (secondary N) is 1. The quantitative estimate of drug-likeness (QED) is 0.746. The third kappa shape index (κ3) is 7.05. The first kappa shape index (κ1) is 15.0. The second kappa shape index (κ2) is 6.75. The van der Waals surface area contributed by atoms with Crippen LogP contribution >= 0.6 is 0 Å². The normalized spacial score (nSPS) is 28.1. The molecule has 0 aromatic rings. The van der Waals surface area contributed by atoms with Crippen molar-refractivity contribution in [2.45, 2.75) is 90.3 Å². The van der Waals surface area contributed by atoms with Gasteiger partial charge in [0.05, 0.1) is 5.60 Å². The van der Waals surface area contributed by atoms with Crippen molar-refractivity contribution in [3.05, 3.63) is 0 Å². The topological polar surface area (TPSA) is 32.3 Å². The van der Waals surface area contributed by atoms with Crippen LogP contribution in [0.5, 0.6) is 0 Å². The second-order valence-corrected chi connectivity index (χ2v) is 6.74. The van der Waals surface area contributed by atoms with Crippen LogP contribution in [0.25, 0.3) is 0 Å². The molecule has 0 aliphatic heterocycles. The first-order valence-electron chi connectivity index (χ1n) is 7.35. The lowest BCUT2D eigenvalue weighted by Gasteiger charge is -2.30. The van der Waals surface area contributed by atoms with E-state index in [2.05, 4.69) is 19.2 Å². The number of hydrogen-bond acceptors (Lipinski definition) is 2. The van der Waals surface area contributed by atoms with Crippen molar-refractivity contribution in [3.63, 3.8) is 0 Å². The van der Waals surface area contributed by atoms with Crippen LogP contribution in [0.3, 0.4) is 0 Å². The van der Waals surface area contributed by atoms with Crippen LogP contribution in [0.2, 0.25) is 0 Å². The predicted octanol–water partition coefficient (Wildman–Crippen LogP) is 3.48. The zero-order valence-corrected chi connectivity index (χ0v) is 12.1. The summed E-state index contributed by atoms with van der Waals surface area (Å²) in [5.41, 5.74) is -0.501. The summed E-state index contributed by atoms with van der Waals surface area (Å²) in [6.45, 7) is 8.44. The molecular weight excluding hydrogens is 210 g/mol. The first-order chi connectivity index (χ1) is 7.87. The highest BCUT2D eigenvalue weighted by Gasteiger charge is 2.20. The zero-order chi connectivity index (χ0) is 12.9. The lowest BCUT2D eigenvalue weighted by molar-refractivity contribution is 0.0673. The van der Waals surface area contributed by atoms with Gasteiger partial charge < -0.3 is 10.4 Å². The molecule has 0 aromatic carbocycles. The molecule has 0 bridgehead atoms. The Hall–Kier alpha value is -0.0800. The van der Waals surface area contributed by atoms with Crippen molar-refractivity contribution in [3.8, 4) is 0 Å². The molecular formula is C15H31NO. The summed E-state index contributed by atoms with van der Waals surface area (Å²) in [6.07, 6.45) is 8.67. The van der Waals surface area contributed by atoms with E-state index in [4.69, 9.17) is 0 Å². The average molecular weight is 241 g/mol. The molecule has 1 saturated carbocycles. The lowest BCUT2D eigenvalue weighted by Crippen LogP contribution is -2.39. The number of aliphatic hydroxyl groups is 1. The highest BCUT2D eigenvalue weighted by atomic mass is 16.3. The Balaban J connectivity index is 2.13. The van der Waals surface area contributed by atoms with Gasteiger partial charge in [-0.3, -0.25) is 0 Å². The van der Waals surface area contributed by atoms with Crippen molar-refractivity contribution in [2.24, 2.45) is 5.92 Å². The molecule has 102 valence electrons. The van der Waals surface area contributed by atoms with Gasteiger partial charge in [0.15, 0.2) is 0 Å². The first-order valence-corrected chi connectivity index (χ1v) is 7.35. The maximum atomic E-state index is 9.67. The third-order valence-corrected chi connectivity index (χ3v) is 3.88. The minimum Gasteiger partial charge on any atom is -0.390 e. The van der Waals surface area contributed by atoms with E-state index in [0.717, 1.165) is 24.8 Å². The molecule has 0 saturated heterocycles. The molecule has 3 atom stereocenters. The Morgan fingerprint density at radius 2 is 2.06 bits per heavy atom. The van der Waals surface area contributed by atoms with Gasteiger partial charge in [0.2, 0.25) is 0 Å². The predicted molar refractivity (Wildman–Crippen MR) is 74.2 cm³/mol. The van der Waals surface area contributed by atoms with Crippen LogP contribution in [-0.4, -0.2) is 22.8 Å². The van der Waals surface area contributed by atoms with Crippen LogP contribution in [0.4, 0.5) is 0 Å². The molecule has 1 fully saturated rings. The van der Waals surface area contributed by atoms with Crippen molar-refractivity contribution in [2.75, 3.05) is 0 Å². The molecule has 1 aliphatic rings. The van der Waals surface area contributed by atoms with E-state index in [-0.39, 0.29) is 0 Å². The average Bonchev–Trinajstić information content (AvgIpc) is 2.15. The second-order valence-electron chi connectivity index (χ2n) is 6.74. The molecule has 0 radical (unpaired) electrons. The molecule has 2 heteroatoms. The molecule has 0 unspecified atom stereocenters. The molecule has 17 heavy (non-hydrogen) atoms. The summed E-state index contributed by atoms with van der Waals surface area (Å²) in [6, 6.07) is 1.32. The molecule has 2 N–H and O–H groups in total. The monoisotopic (exact) mass is 241 g/mol. The van der Waals surface area contributed by atoms with Gasteiger partial charge in [-0.25, -0.2) is 0 Å². The summed E-state index contributed by atoms with van der Waals surface area (Å²) in [7, 11) is 0. The minimum absolute atomic E-state index is 0.501. The minimum atomic E-state index is -0.501. The van der Waals surface area contributed by atoms with E-state index in [9.17, 15) is 5.11 Å². The van der Waals surface area contributed by atoms with Crippen molar-refractivity contribution in [1.82, 2.24) is 5.32 Å². The SMILES string of the molecule is C[C@H]1CCC[C@@H](N[C@@H](C)CCCC(C)(C)O)C1. The molecule has 2 nitrogen and oxygen atoms in total. The Labute approximate surface area is 107 Å². The maximum Gasteiger partial charge on any atom is 0.0591 e. The third-order valence-electron chi connectivity index (χ3n) is 3.88. The number of hydrogen-bond donors (Lipinski definition) is 2. The van der Waals surface area contributed by atoms with Gasteiger partial charge in [-0.2, -0.15) is 0 Å². The van der Waals surface area contributed by atoms with Crippen LogP contribution < -0.4 is 5.32 Å². The fourth-order valence-electron chi connectivity index (χ4n) is 2.91. The van der Waals surface area contributed by atoms with E-state index in [1.54, 1.807) is 0 Å². The van der Waals surface area contributed by atoms with Gasteiger partial charge in [-0.05, 0) is 58.8 Å². The van der Waals surface area contributed by atoms with Crippen molar-refractivity contribution in [1.29, 1.82) is 0 Å². The molecule has 1 rings (SSSR count). The summed E-state index contributed by atoms with van der Waals surface area (Å²) < 4.78 is 0. The Morgan fingerprint density at radius 3 is 2.65 bits per heavy atom. The Bertz CT molecular complexity index is 209. The fourth-order valence-corrected chi connectivity index (χ4v) is 2.91. The van der Waals surface area contributed by atoms with Crippen molar-refractivity contribution < 1.29 is 5.11 Å². The van der Waals surface area contributed by atoms with Gasteiger partial charge in [0.25, 0.3) is 0 Å². The molecule has 1 aliphatic carbocycles. The Kier molecular flexibility index (Phi) is 5.94. The summed E-state index contributed by atoms with van der Waals surface area (Å²) in [5.74, 6) is 0.893. The van der Waals surface area contributed by atoms with Gasteiger partial charge >= 0.3 is 0 Å². The smallest absolute Gasteiger partial charge is 0.0591 e. The van der Waals surface area contributed by atoms with E-state index in [1.165, 1.54) is 32.1 Å². The van der Waals surface area contributed by atoms with Crippen LogP contribution in [0, 0.1) is 5.92 Å². The van der Waals surface area contributed by atoms with E-state index >= 15 is 0 Å². The molecule has 0 heterocycles. The lowest BCUT2D eigenvalue weighted by atomic mass is 9.86. The van der Waals surface area contributed by atoms with E-state index < -0.39 is 5.60 Å². The fraction of sp³-hybridized carbons (Fsp3) is 1.00. The molecule has 0 amide bonds.